The van der Waals surface area contributed by atoms with E-state index in [0.717, 1.165) is 36.4 Å². The summed E-state index contributed by atoms with van der Waals surface area (Å²) in [5.74, 6) is -8.70. The van der Waals surface area contributed by atoms with Gasteiger partial charge in [-0.2, -0.15) is 26.3 Å². The molecule has 4 N–H and O–H groups in total. The van der Waals surface area contributed by atoms with E-state index in [9.17, 15) is 74.7 Å². The molecule has 2 fully saturated rings. The minimum Gasteiger partial charge on any atom is -0.511 e. The highest BCUT2D eigenvalue weighted by Crippen LogP contribution is 2.57. The van der Waals surface area contributed by atoms with Crippen LogP contribution < -0.4 is 9.47 Å². The summed E-state index contributed by atoms with van der Waals surface area (Å²) in [5, 5.41) is 44.2. The van der Waals surface area contributed by atoms with E-state index in [1.165, 1.54) is 48.5 Å². The van der Waals surface area contributed by atoms with E-state index in [1.54, 1.807) is 6.92 Å². The van der Waals surface area contributed by atoms with E-state index in [0.29, 0.717) is 32.1 Å². The molecule has 0 aromatic heterocycles. The number of aliphatic hydroxyl groups is 4. The number of rotatable bonds is 21. The van der Waals surface area contributed by atoms with Crippen molar-refractivity contribution in [3.63, 3.8) is 0 Å². The number of hydrogen-bond acceptors (Lipinski definition) is 10. The van der Waals surface area contributed by atoms with E-state index in [2.05, 4.69) is 0 Å². The Labute approximate surface area is 464 Å². The fraction of sp³-hybridized carbons (Fsp3) is 0.429. The Morgan fingerprint density at radius 1 is 0.506 bits per heavy atom. The van der Waals surface area contributed by atoms with Crippen molar-refractivity contribution in [2.45, 2.75) is 149 Å². The van der Waals surface area contributed by atoms with Gasteiger partial charge in [-0.15, -0.1) is 0 Å². The van der Waals surface area contributed by atoms with Crippen molar-refractivity contribution in [1.82, 2.24) is 0 Å². The van der Waals surface area contributed by atoms with Crippen molar-refractivity contribution >= 4 is 23.1 Å². The molecule has 0 heterocycles. The third kappa shape index (κ3) is 12.3. The first-order valence-electron chi connectivity index (χ1n) is 27.5. The molecule has 18 heteroatoms. The van der Waals surface area contributed by atoms with Gasteiger partial charge in [-0.05, 0) is 147 Å². The van der Waals surface area contributed by atoms with Gasteiger partial charge < -0.3 is 29.9 Å². The monoisotopic (exact) mass is 1130 g/mol. The standard InChI is InChI=1S/C32H34F4O5.C31H32F4O5/c1-4-7-22-27(37)26(30(40)31(14-5-2,15-6-3)29(22)39)28(38)24-17-23(24)21-13-12-20(16-25(21)32(34,35)36)41-19-10-8-18(33)9-11-19;1-4-13-30(14-5-2)28(38)20(6-3)26(36)25(29(30)39)27(37)23-16-22(23)21-12-11-19(15-24(21)31(33,34)35)40-18-9-7-17(32)8-10-18/h8-13,16,23-24,37,39H,4-7,14-15,17H2,1-3H3;7-12,15,22-23,36,38H,4-6,13-14,16H2,1-3H3. The molecule has 0 radical (unpaired) electrons. The van der Waals surface area contributed by atoms with Gasteiger partial charge in [0.25, 0.3) is 0 Å². The number of aliphatic hydroxyl groups excluding tert-OH is 4. The van der Waals surface area contributed by atoms with Gasteiger partial charge in [0.2, 0.25) is 0 Å². The minimum atomic E-state index is -4.75. The Morgan fingerprint density at radius 3 is 1.16 bits per heavy atom. The van der Waals surface area contributed by atoms with Crippen LogP contribution in [-0.4, -0.2) is 43.6 Å². The Balaban J connectivity index is 0.000000234. The van der Waals surface area contributed by atoms with Crippen molar-refractivity contribution in [1.29, 1.82) is 0 Å². The van der Waals surface area contributed by atoms with Crippen LogP contribution in [0.5, 0.6) is 23.0 Å². The number of ether oxygens (including phenoxy) is 2. The van der Waals surface area contributed by atoms with Crippen LogP contribution in [0.25, 0.3) is 0 Å². The van der Waals surface area contributed by atoms with Crippen molar-refractivity contribution in [2.75, 3.05) is 0 Å². The second kappa shape index (κ2) is 24.5. The van der Waals surface area contributed by atoms with Crippen LogP contribution in [0.15, 0.2) is 130 Å². The SMILES string of the molecule is CCCC1(CCC)C(=O)C(C(=O)C2CC2c2ccc(Oc3ccc(F)cc3)cc2C(F)(F)F)=C(O)C(CC)=C1O.CCCC1=C(O)C(CCC)(CCC)C(=O)C(C(=O)C2CC2c2ccc(Oc3ccc(F)cc3)cc2C(F)(F)F)=C1O. The number of Topliss-reactive ketones (excluding diaryl/α,β-unsaturated/α-hetero) is 4. The first kappa shape index (κ1) is 61.4. The zero-order chi connectivity index (χ0) is 59.5. The Bertz CT molecular complexity index is 3170. The lowest BCUT2D eigenvalue weighted by Crippen LogP contribution is -2.41. The molecule has 0 spiro atoms. The van der Waals surface area contributed by atoms with E-state index in [-0.39, 0.29) is 108 Å². The largest absolute Gasteiger partial charge is 0.511 e. The second-order valence-corrected chi connectivity index (χ2v) is 21.3. The minimum absolute atomic E-state index is 0.0792. The molecular formula is C63H66F8O10. The van der Waals surface area contributed by atoms with Crippen molar-refractivity contribution in [3.05, 3.63) is 164 Å². The van der Waals surface area contributed by atoms with Crippen molar-refractivity contribution in [2.24, 2.45) is 22.7 Å². The third-order valence-corrected chi connectivity index (χ3v) is 15.7. The van der Waals surface area contributed by atoms with Crippen LogP contribution in [-0.2, 0) is 31.5 Å². The molecule has 2 saturated carbocycles. The molecule has 4 unspecified atom stereocenters. The summed E-state index contributed by atoms with van der Waals surface area (Å²) in [7, 11) is 0. The molecule has 0 aliphatic heterocycles. The van der Waals surface area contributed by atoms with E-state index < -0.39 is 115 Å². The number of ketones is 4. The quantitative estimate of drug-likeness (QED) is 0.0466. The highest BCUT2D eigenvalue weighted by Gasteiger charge is 2.57. The predicted molar refractivity (Wildman–Crippen MR) is 286 cm³/mol. The molecule has 4 aliphatic rings. The zero-order valence-electron chi connectivity index (χ0n) is 45.8. The number of benzene rings is 4. The van der Waals surface area contributed by atoms with Crippen LogP contribution in [0.4, 0.5) is 35.1 Å². The topological polar surface area (TPSA) is 168 Å². The number of halogens is 8. The van der Waals surface area contributed by atoms with Gasteiger partial charge in [-0.3, -0.25) is 19.2 Å². The van der Waals surface area contributed by atoms with Crippen LogP contribution in [0.3, 0.4) is 0 Å². The molecule has 0 amide bonds. The van der Waals surface area contributed by atoms with Gasteiger partial charge in [0, 0.05) is 23.0 Å². The maximum atomic E-state index is 14.1. The lowest BCUT2D eigenvalue weighted by atomic mass is 9.66. The molecule has 0 bridgehead atoms. The van der Waals surface area contributed by atoms with Gasteiger partial charge in [-0.1, -0.05) is 85.8 Å². The number of allylic oxidation sites excluding steroid dienone is 6. The average molecular weight is 1140 g/mol. The number of alkyl halides is 6. The van der Waals surface area contributed by atoms with Crippen LogP contribution in [0, 0.1) is 34.3 Å². The molecule has 4 aromatic rings. The van der Waals surface area contributed by atoms with Crippen LogP contribution >= 0.6 is 0 Å². The smallest absolute Gasteiger partial charge is 0.416 e. The number of hydrogen-bond donors (Lipinski definition) is 4. The Hall–Kier alpha value is -7.24. The van der Waals surface area contributed by atoms with Crippen molar-refractivity contribution < 1.29 is 84.2 Å². The highest BCUT2D eigenvalue weighted by molar-refractivity contribution is 6.26. The number of carbonyl (C=O) groups is 4. The lowest BCUT2D eigenvalue weighted by molar-refractivity contribution is -0.139. The highest BCUT2D eigenvalue weighted by atomic mass is 19.4. The van der Waals surface area contributed by atoms with Crippen LogP contribution in [0.1, 0.15) is 159 Å². The summed E-state index contributed by atoms with van der Waals surface area (Å²) in [6.45, 7) is 10.9. The van der Waals surface area contributed by atoms with Crippen LogP contribution in [0.2, 0.25) is 0 Å². The van der Waals surface area contributed by atoms with Crippen molar-refractivity contribution in [3.8, 4) is 23.0 Å². The van der Waals surface area contributed by atoms with Gasteiger partial charge in [-0.25, -0.2) is 8.78 Å². The molecule has 4 aliphatic carbocycles. The first-order chi connectivity index (χ1) is 38.3. The maximum absolute atomic E-state index is 14.1. The van der Waals surface area contributed by atoms with E-state index in [4.69, 9.17) is 9.47 Å². The lowest BCUT2D eigenvalue weighted by Gasteiger charge is -2.37. The van der Waals surface area contributed by atoms with Gasteiger partial charge in [0.1, 0.15) is 68.8 Å². The Kier molecular flexibility index (Phi) is 18.5. The third-order valence-electron chi connectivity index (χ3n) is 15.7. The average Bonchev–Trinajstić information content (AvgIpc) is 4.55. The zero-order valence-corrected chi connectivity index (χ0v) is 45.8. The van der Waals surface area contributed by atoms with Gasteiger partial charge >= 0.3 is 12.4 Å². The molecular weight excluding hydrogens is 1070 g/mol. The summed E-state index contributed by atoms with van der Waals surface area (Å²) in [4.78, 5) is 54.9. The molecule has 4 aromatic carbocycles. The molecule has 0 saturated heterocycles. The molecule has 4 atom stereocenters. The molecule has 81 heavy (non-hydrogen) atoms. The van der Waals surface area contributed by atoms with Gasteiger partial charge in [0.05, 0.1) is 22.0 Å². The normalized spacial score (nSPS) is 20.5. The summed E-state index contributed by atoms with van der Waals surface area (Å²) in [5.41, 5.74) is -5.39. The summed E-state index contributed by atoms with van der Waals surface area (Å²) in [6, 6.07) is 16.6. The van der Waals surface area contributed by atoms with E-state index in [1.807, 2.05) is 34.6 Å². The molecule has 10 nitrogen and oxygen atoms in total. The summed E-state index contributed by atoms with van der Waals surface area (Å²) < 4.78 is 122. The number of carbonyl (C=O) groups excluding carboxylic acids is 4. The van der Waals surface area contributed by atoms with E-state index >= 15 is 0 Å². The van der Waals surface area contributed by atoms with Gasteiger partial charge in [0.15, 0.2) is 23.1 Å². The fourth-order valence-electron chi connectivity index (χ4n) is 11.8. The maximum Gasteiger partial charge on any atom is 0.416 e. The first-order valence-corrected chi connectivity index (χ1v) is 27.5. The summed E-state index contributed by atoms with van der Waals surface area (Å²) >= 11 is 0. The predicted octanol–water partition coefficient (Wildman–Crippen LogP) is 17.4. The fourth-order valence-corrected chi connectivity index (χ4v) is 11.8. The molecule has 8 rings (SSSR count). The summed E-state index contributed by atoms with van der Waals surface area (Å²) in [6.07, 6.45) is -5.07. The Morgan fingerprint density at radius 2 is 0.840 bits per heavy atom. The second-order valence-electron chi connectivity index (χ2n) is 21.3. The molecule has 434 valence electrons.